The predicted octanol–water partition coefficient (Wildman–Crippen LogP) is 2.06. The number of aryl methyl sites for hydroxylation is 1. The highest BCUT2D eigenvalue weighted by atomic mass is 35.5. The van der Waals surface area contributed by atoms with E-state index in [1.165, 1.54) is 0 Å². The Labute approximate surface area is 156 Å². The highest BCUT2D eigenvalue weighted by Gasteiger charge is 2.24. The Morgan fingerprint density at radius 2 is 2.12 bits per heavy atom. The van der Waals surface area contributed by atoms with Gasteiger partial charge in [0.25, 0.3) is 5.91 Å². The van der Waals surface area contributed by atoms with Crippen molar-refractivity contribution < 1.29 is 6.22 Å². The van der Waals surface area contributed by atoms with E-state index in [1.54, 1.807) is 16.9 Å². The zero-order valence-electron chi connectivity index (χ0n) is 14.3. The number of hydrogen-bond donors (Lipinski definition) is 1. The molecule has 0 unspecified atom stereocenters. The van der Waals surface area contributed by atoms with Crippen molar-refractivity contribution in [2.45, 2.75) is 18.9 Å². The molecule has 0 spiro atoms. The summed E-state index contributed by atoms with van der Waals surface area (Å²) in [5.41, 5.74) is 1.36. The fraction of sp³-hybridized carbons (Fsp3) is 0.353. The summed E-state index contributed by atoms with van der Waals surface area (Å²) in [4.78, 5) is 19.0. The molecule has 9 heteroatoms. The van der Waals surface area contributed by atoms with Crippen LogP contribution in [0.4, 0.5) is 5.95 Å². The Hall–Kier alpha value is -2.74. The van der Waals surface area contributed by atoms with Gasteiger partial charge in [-0.3, -0.25) is 9.78 Å². The molecule has 1 aliphatic heterocycles. The van der Waals surface area contributed by atoms with Gasteiger partial charge in [-0.15, -0.1) is 0 Å². The number of tetrazole rings is 1. The van der Waals surface area contributed by atoms with Crippen LogP contribution < -0.4 is 10.2 Å². The molecule has 1 fully saturated rings. The van der Waals surface area contributed by atoms with E-state index in [0.717, 1.165) is 42.8 Å². The summed E-state index contributed by atoms with van der Waals surface area (Å²) in [6.07, 6.45) is 3.28. The van der Waals surface area contributed by atoms with Crippen LogP contribution in [0.5, 0.6) is 0 Å². The van der Waals surface area contributed by atoms with Crippen LogP contribution in [0.3, 0.4) is 0 Å². The second-order valence-electron chi connectivity index (χ2n) is 6.40. The first-order valence-corrected chi connectivity index (χ1v) is 8.81. The van der Waals surface area contributed by atoms with Crippen molar-refractivity contribution in [3.05, 3.63) is 41.0 Å². The SMILES string of the molecule is Cn1nnnc1N1CCC(NC(=O)c2cnc3ccc(Cl)cc3c2)CC1.[HH]. The number of nitrogens with one attached hydrogen (secondary N) is 1. The van der Waals surface area contributed by atoms with Crippen molar-refractivity contribution in [3.63, 3.8) is 0 Å². The number of halogens is 1. The minimum atomic E-state index is -0.113. The van der Waals surface area contributed by atoms with Crippen molar-refractivity contribution in [2.24, 2.45) is 7.05 Å². The summed E-state index contributed by atoms with van der Waals surface area (Å²) in [7, 11) is 1.82. The van der Waals surface area contributed by atoms with E-state index in [0.29, 0.717) is 10.6 Å². The maximum atomic E-state index is 12.6. The molecule has 136 valence electrons. The van der Waals surface area contributed by atoms with Crippen LogP contribution in [0.1, 0.15) is 24.6 Å². The number of amides is 1. The number of carbonyl (C=O) groups is 1. The Kier molecular flexibility index (Phi) is 4.42. The normalized spacial score (nSPS) is 15.4. The standard InChI is InChI=1S/C17H18ClN7O.H2/c1-24-17(21-22-23-24)25-6-4-14(5-7-25)20-16(26)12-8-11-9-13(18)2-3-15(11)19-10-12;/h2-3,8-10,14H,4-7H2,1H3,(H,20,26);1H. The molecule has 2 aromatic heterocycles. The van der Waals surface area contributed by atoms with E-state index < -0.39 is 0 Å². The predicted molar refractivity (Wildman–Crippen MR) is 100 cm³/mol. The van der Waals surface area contributed by atoms with Crippen LogP contribution >= 0.6 is 11.6 Å². The largest absolute Gasteiger partial charge is 0.349 e. The summed E-state index contributed by atoms with van der Waals surface area (Å²) in [6.45, 7) is 1.59. The number of piperidine rings is 1. The van der Waals surface area contributed by atoms with Gasteiger partial charge in [0, 0.05) is 44.2 Å². The summed E-state index contributed by atoms with van der Waals surface area (Å²) in [6, 6.07) is 7.39. The van der Waals surface area contributed by atoms with E-state index in [-0.39, 0.29) is 13.4 Å². The number of benzene rings is 1. The van der Waals surface area contributed by atoms with Crippen molar-refractivity contribution in [3.8, 4) is 0 Å². The number of anilines is 1. The average molecular weight is 374 g/mol. The second kappa shape index (κ2) is 6.87. The van der Waals surface area contributed by atoms with E-state index >= 15 is 0 Å². The number of pyridine rings is 1. The smallest absolute Gasteiger partial charge is 0.253 e. The van der Waals surface area contributed by atoms with Crippen molar-refractivity contribution in [2.75, 3.05) is 18.0 Å². The van der Waals surface area contributed by atoms with Gasteiger partial charge < -0.3 is 10.2 Å². The molecule has 4 rings (SSSR count). The first-order chi connectivity index (χ1) is 12.6. The molecule has 0 saturated carbocycles. The van der Waals surface area contributed by atoms with E-state index in [2.05, 4.69) is 30.7 Å². The summed E-state index contributed by atoms with van der Waals surface area (Å²) < 4.78 is 1.66. The van der Waals surface area contributed by atoms with Crippen LogP contribution in [0.15, 0.2) is 30.5 Å². The van der Waals surface area contributed by atoms with Gasteiger partial charge in [-0.25, -0.2) is 4.68 Å². The third-order valence-corrected chi connectivity index (χ3v) is 4.85. The van der Waals surface area contributed by atoms with Crippen LogP contribution in [-0.4, -0.2) is 50.2 Å². The third-order valence-electron chi connectivity index (χ3n) is 4.62. The Morgan fingerprint density at radius 1 is 1.31 bits per heavy atom. The van der Waals surface area contributed by atoms with Crippen molar-refractivity contribution in [1.29, 1.82) is 0 Å². The van der Waals surface area contributed by atoms with Crippen molar-refractivity contribution in [1.82, 2.24) is 30.5 Å². The van der Waals surface area contributed by atoms with Crippen LogP contribution in [-0.2, 0) is 7.05 Å². The van der Waals surface area contributed by atoms with Gasteiger partial charge in [-0.1, -0.05) is 16.7 Å². The fourth-order valence-corrected chi connectivity index (χ4v) is 3.39. The minimum Gasteiger partial charge on any atom is -0.349 e. The summed E-state index contributed by atoms with van der Waals surface area (Å²) in [5, 5.41) is 16.1. The molecule has 26 heavy (non-hydrogen) atoms. The Balaban J connectivity index is 0.00000210. The molecule has 1 aromatic carbocycles. The maximum absolute atomic E-state index is 12.6. The Morgan fingerprint density at radius 3 is 2.85 bits per heavy atom. The van der Waals surface area contributed by atoms with Gasteiger partial charge in [0.2, 0.25) is 5.95 Å². The first kappa shape index (κ1) is 16.7. The van der Waals surface area contributed by atoms with Crippen LogP contribution in [0.2, 0.25) is 5.02 Å². The van der Waals surface area contributed by atoms with Gasteiger partial charge in [-0.05, 0) is 47.5 Å². The zero-order valence-corrected chi connectivity index (χ0v) is 15.0. The second-order valence-corrected chi connectivity index (χ2v) is 6.83. The number of rotatable bonds is 3. The highest BCUT2D eigenvalue weighted by Crippen LogP contribution is 2.20. The van der Waals surface area contributed by atoms with Gasteiger partial charge >= 0.3 is 0 Å². The summed E-state index contributed by atoms with van der Waals surface area (Å²) in [5.74, 6) is 0.642. The molecular formula is C17H20ClN7O. The molecular weight excluding hydrogens is 354 g/mol. The third kappa shape index (κ3) is 3.32. The minimum absolute atomic E-state index is 0. The number of hydrogen-bond acceptors (Lipinski definition) is 6. The van der Waals surface area contributed by atoms with Crippen LogP contribution in [0, 0.1) is 0 Å². The van der Waals surface area contributed by atoms with E-state index in [9.17, 15) is 4.79 Å². The lowest BCUT2D eigenvalue weighted by Crippen LogP contribution is -2.45. The van der Waals surface area contributed by atoms with Gasteiger partial charge in [0.05, 0.1) is 11.1 Å². The van der Waals surface area contributed by atoms with Gasteiger partial charge in [0.15, 0.2) is 0 Å². The van der Waals surface area contributed by atoms with Gasteiger partial charge in [0.1, 0.15) is 0 Å². The average Bonchev–Trinajstić information content (AvgIpc) is 3.07. The lowest BCUT2D eigenvalue weighted by Gasteiger charge is -2.32. The molecule has 1 N–H and O–H groups in total. The lowest BCUT2D eigenvalue weighted by atomic mass is 10.0. The maximum Gasteiger partial charge on any atom is 0.253 e. The highest BCUT2D eigenvalue weighted by molar-refractivity contribution is 6.31. The molecule has 1 saturated heterocycles. The molecule has 0 aliphatic carbocycles. The monoisotopic (exact) mass is 373 g/mol. The molecule has 1 amide bonds. The molecule has 8 nitrogen and oxygen atoms in total. The fourth-order valence-electron chi connectivity index (χ4n) is 3.21. The molecule has 3 heterocycles. The molecule has 0 radical (unpaired) electrons. The first-order valence-electron chi connectivity index (χ1n) is 8.43. The summed E-state index contributed by atoms with van der Waals surface area (Å²) >= 11 is 6.02. The molecule has 0 atom stereocenters. The van der Waals surface area contributed by atoms with Crippen molar-refractivity contribution >= 4 is 34.4 Å². The molecule has 1 aliphatic rings. The van der Waals surface area contributed by atoms with E-state index in [1.807, 2.05) is 25.2 Å². The number of carbonyl (C=O) groups excluding carboxylic acids is 1. The van der Waals surface area contributed by atoms with Crippen LogP contribution in [0.25, 0.3) is 10.9 Å². The Bertz CT molecular complexity index is 955. The number of nitrogens with zero attached hydrogens (tertiary/aromatic N) is 6. The molecule has 0 bridgehead atoms. The quantitative estimate of drug-likeness (QED) is 0.755. The molecule has 3 aromatic rings. The zero-order chi connectivity index (χ0) is 18.1. The number of aromatic nitrogens is 5. The van der Waals surface area contributed by atoms with Gasteiger partial charge in [-0.2, -0.15) is 0 Å². The lowest BCUT2D eigenvalue weighted by molar-refractivity contribution is 0.0931. The topological polar surface area (TPSA) is 88.8 Å². The van der Waals surface area contributed by atoms with E-state index in [4.69, 9.17) is 11.6 Å². The number of fused-ring (bicyclic) bond motifs is 1.